The van der Waals surface area contributed by atoms with Crippen LogP contribution in [0.3, 0.4) is 0 Å². The third kappa shape index (κ3) is 5.59. The van der Waals surface area contributed by atoms with Gasteiger partial charge in [0.15, 0.2) is 11.5 Å². The Labute approximate surface area is 166 Å². The highest BCUT2D eigenvalue weighted by Gasteiger charge is 2.18. The molecule has 0 unspecified atom stereocenters. The van der Waals surface area contributed by atoms with E-state index in [0.717, 1.165) is 0 Å². The zero-order chi connectivity index (χ0) is 21.4. The molecule has 152 valence electrons. The monoisotopic (exact) mass is 404 g/mol. The second-order valence-electron chi connectivity index (χ2n) is 5.49. The predicted molar refractivity (Wildman–Crippen MR) is 101 cm³/mol. The van der Waals surface area contributed by atoms with Crippen molar-refractivity contribution in [2.75, 3.05) is 26.6 Å². The summed E-state index contributed by atoms with van der Waals surface area (Å²) in [4.78, 5) is 12.4. The number of hydrogen-bond donors (Lipinski definition) is 1. The van der Waals surface area contributed by atoms with Gasteiger partial charge in [-0.3, -0.25) is 4.79 Å². The normalized spacial score (nSPS) is 10.9. The van der Waals surface area contributed by atoms with Crippen molar-refractivity contribution < 1.29 is 32.5 Å². The minimum Gasteiger partial charge on any atom is -0.497 e. The molecule has 0 atom stereocenters. The Hall–Kier alpha value is -3.80. The van der Waals surface area contributed by atoms with Gasteiger partial charge in [0.25, 0.3) is 5.91 Å². The molecule has 0 aliphatic carbocycles. The Morgan fingerprint density at radius 3 is 2.10 bits per heavy atom. The van der Waals surface area contributed by atoms with E-state index in [-0.39, 0.29) is 22.8 Å². The molecule has 0 spiro atoms. The van der Waals surface area contributed by atoms with E-state index in [9.17, 15) is 18.8 Å². The van der Waals surface area contributed by atoms with Crippen molar-refractivity contribution in [3.05, 3.63) is 47.5 Å². The Bertz CT molecular complexity index is 912. The Kier molecular flexibility index (Phi) is 7.37. The summed E-state index contributed by atoms with van der Waals surface area (Å²) in [7, 11) is 4.05. The van der Waals surface area contributed by atoms with Crippen LogP contribution in [0.2, 0.25) is 0 Å². The van der Waals surface area contributed by atoms with Crippen LogP contribution in [0.15, 0.2) is 42.0 Å². The highest BCUT2D eigenvalue weighted by atomic mass is 19.3. The molecule has 2 aromatic carbocycles. The van der Waals surface area contributed by atoms with Crippen LogP contribution < -0.4 is 24.3 Å². The molecule has 0 saturated heterocycles. The first-order valence-corrected chi connectivity index (χ1v) is 8.19. The van der Waals surface area contributed by atoms with E-state index >= 15 is 0 Å². The second kappa shape index (κ2) is 9.94. The SMILES string of the molecule is COc1ccc(NC(=O)/C(C#N)=C/c2cc(OC)c(OC(F)F)c(OC)c2)cc1. The smallest absolute Gasteiger partial charge is 0.387 e. The van der Waals surface area contributed by atoms with Crippen LogP contribution in [-0.4, -0.2) is 33.8 Å². The molecule has 0 fully saturated rings. The maximum Gasteiger partial charge on any atom is 0.387 e. The molecule has 9 heteroatoms. The quantitative estimate of drug-likeness (QED) is 0.531. The number of benzene rings is 2. The first-order chi connectivity index (χ1) is 13.9. The van der Waals surface area contributed by atoms with Gasteiger partial charge in [0, 0.05) is 5.69 Å². The van der Waals surface area contributed by atoms with Gasteiger partial charge in [-0.15, -0.1) is 0 Å². The van der Waals surface area contributed by atoms with Crippen LogP contribution >= 0.6 is 0 Å². The number of carbonyl (C=O) groups is 1. The lowest BCUT2D eigenvalue weighted by Crippen LogP contribution is -2.13. The molecule has 0 aliphatic heterocycles. The van der Waals surface area contributed by atoms with Gasteiger partial charge in [-0.25, -0.2) is 0 Å². The number of hydrogen-bond acceptors (Lipinski definition) is 6. The van der Waals surface area contributed by atoms with Crippen molar-refractivity contribution in [1.82, 2.24) is 0 Å². The zero-order valence-electron chi connectivity index (χ0n) is 15.9. The highest BCUT2D eigenvalue weighted by Crippen LogP contribution is 2.40. The molecule has 0 bridgehead atoms. The standard InChI is InChI=1S/C20H18F2N2O5/c1-26-15-6-4-14(5-7-15)24-19(25)13(11-23)8-12-9-16(27-2)18(29-20(21)22)17(10-12)28-3/h4-10,20H,1-3H3,(H,24,25)/b13-8+. The lowest BCUT2D eigenvalue weighted by molar-refractivity contribution is -0.112. The van der Waals surface area contributed by atoms with Crippen molar-refractivity contribution in [3.8, 4) is 29.1 Å². The largest absolute Gasteiger partial charge is 0.497 e. The van der Waals surface area contributed by atoms with Crippen LogP contribution in [0.1, 0.15) is 5.56 Å². The summed E-state index contributed by atoms with van der Waals surface area (Å²) in [5, 5.41) is 11.9. The summed E-state index contributed by atoms with van der Waals surface area (Å²) in [6, 6.07) is 11.0. The molecule has 1 amide bonds. The summed E-state index contributed by atoms with van der Waals surface area (Å²) >= 11 is 0. The second-order valence-corrected chi connectivity index (χ2v) is 5.49. The van der Waals surface area contributed by atoms with Gasteiger partial charge in [0.1, 0.15) is 17.4 Å². The molecule has 29 heavy (non-hydrogen) atoms. The number of nitrogens with one attached hydrogen (secondary N) is 1. The molecular formula is C20H18F2N2O5. The molecule has 0 aliphatic rings. The lowest BCUT2D eigenvalue weighted by Gasteiger charge is -2.14. The molecule has 2 rings (SSSR count). The van der Waals surface area contributed by atoms with Crippen LogP contribution in [0.25, 0.3) is 6.08 Å². The number of anilines is 1. The zero-order valence-corrected chi connectivity index (χ0v) is 15.9. The summed E-state index contributed by atoms with van der Waals surface area (Å²) in [5.41, 5.74) is 0.571. The van der Waals surface area contributed by atoms with E-state index in [0.29, 0.717) is 17.0 Å². The van der Waals surface area contributed by atoms with Crippen LogP contribution in [0.4, 0.5) is 14.5 Å². The van der Waals surface area contributed by atoms with E-state index in [1.807, 2.05) is 0 Å². The first kappa shape index (κ1) is 21.5. The van der Waals surface area contributed by atoms with Gasteiger partial charge in [0.05, 0.1) is 21.3 Å². The van der Waals surface area contributed by atoms with E-state index in [4.69, 9.17) is 14.2 Å². The molecule has 0 heterocycles. The Morgan fingerprint density at radius 1 is 1.07 bits per heavy atom. The minimum absolute atomic E-state index is 0.0382. The molecule has 7 nitrogen and oxygen atoms in total. The number of carbonyl (C=O) groups excluding carboxylic acids is 1. The van der Waals surface area contributed by atoms with Crippen molar-refractivity contribution in [2.24, 2.45) is 0 Å². The lowest BCUT2D eigenvalue weighted by atomic mass is 10.1. The number of methoxy groups -OCH3 is 3. The number of alkyl halides is 2. The molecule has 1 N–H and O–H groups in total. The molecule has 0 aromatic heterocycles. The van der Waals surface area contributed by atoms with Crippen molar-refractivity contribution in [1.29, 1.82) is 5.26 Å². The van der Waals surface area contributed by atoms with E-state index in [2.05, 4.69) is 10.1 Å². The average Bonchev–Trinajstić information content (AvgIpc) is 2.72. The molecule has 0 radical (unpaired) electrons. The number of amides is 1. The van der Waals surface area contributed by atoms with Crippen molar-refractivity contribution >= 4 is 17.7 Å². The van der Waals surface area contributed by atoms with E-state index < -0.39 is 12.5 Å². The topological polar surface area (TPSA) is 89.8 Å². The molecule has 2 aromatic rings. The van der Waals surface area contributed by atoms with Crippen LogP contribution in [-0.2, 0) is 4.79 Å². The summed E-state index contributed by atoms with van der Waals surface area (Å²) in [6.45, 7) is -3.08. The number of rotatable bonds is 8. The van der Waals surface area contributed by atoms with Gasteiger partial charge in [-0.2, -0.15) is 14.0 Å². The van der Waals surface area contributed by atoms with Gasteiger partial charge in [0.2, 0.25) is 5.75 Å². The minimum atomic E-state index is -3.08. The average molecular weight is 404 g/mol. The van der Waals surface area contributed by atoms with E-state index in [1.54, 1.807) is 30.3 Å². The molecule has 0 saturated carbocycles. The first-order valence-electron chi connectivity index (χ1n) is 8.19. The highest BCUT2D eigenvalue weighted by molar-refractivity contribution is 6.09. The maximum atomic E-state index is 12.6. The number of nitrogens with zero attached hydrogens (tertiary/aromatic N) is 1. The number of halogens is 2. The Balaban J connectivity index is 2.33. The summed E-state index contributed by atoms with van der Waals surface area (Å²) in [6.07, 6.45) is 1.27. The van der Waals surface area contributed by atoms with Gasteiger partial charge >= 0.3 is 6.61 Å². The van der Waals surface area contributed by atoms with Gasteiger partial charge < -0.3 is 24.3 Å². The van der Waals surface area contributed by atoms with Crippen molar-refractivity contribution in [3.63, 3.8) is 0 Å². The predicted octanol–water partition coefficient (Wildman–Crippen LogP) is 3.86. The van der Waals surface area contributed by atoms with E-state index in [1.165, 1.54) is 39.5 Å². The van der Waals surface area contributed by atoms with Gasteiger partial charge in [-0.05, 0) is 48.0 Å². The fourth-order valence-electron chi connectivity index (χ4n) is 2.38. The molecular weight excluding hydrogens is 386 g/mol. The fourth-order valence-corrected chi connectivity index (χ4v) is 2.38. The summed E-state index contributed by atoms with van der Waals surface area (Å²) < 4.78 is 44.9. The number of ether oxygens (including phenoxy) is 4. The third-order valence-corrected chi connectivity index (χ3v) is 3.71. The van der Waals surface area contributed by atoms with Crippen LogP contribution in [0, 0.1) is 11.3 Å². The third-order valence-electron chi connectivity index (χ3n) is 3.71. The maximum absolute atomic E-state index is 12.6. The van der Waals surface area contributed by atoms with Gasteiger partial charge in [-0.1, -0.05) is 0 Å². The number of nitriles is 1. The summed E-state index contributed by atoms with van der Waals surface area (Å²) in [5.74, 6) is -0.399. The Morgan fingerprint density at radius 2 is 1.66 bits per heavy atom. The van der Waals surface area contributed by atoms with Crippen LogP contribution in [0.5, 0.6) is 23.0 Å². The fraction of sp³-hybridized carbons (Fsp3) is 0.200. The van der Waals surface area contributed by atoms with Crippen molar-refractivity contribution in [2.45, 2.75) is 6.61 Å².